The third kappa shape index (κ3) is 4.88. The lowest BCUT2D eigenvalue weighted by Crippen LogP contribution is -2.25. The number of carbonyl (C=O) groups excluding carboxylic acids is 2. The molecule has 0 bridgehead atoms. The van der Waals surface area contributed by atoms with Gasteiger partial charge in [-0.1, -0.05) is 12.1 Å². The zero-order chi connectivity index (χ0) is 20.1. The summed E-state index contributed by atoms with van der Waals surface area (Å²) in [6.45, 7) is 0.471. The lowest BCUT2D eigenvalue weighted by molar-refractivity contribution is -0.116. The van der Waals surface area contributed by atoms with Crippen LogP contribution in [0.15, 0.2) is 65.4 Å². The summed E-state index contributed by atoms with van der Waals surface area (Å²) in [4.78, 5) is 28.6. The molecule has 0 aliphatic carbocycles. The van der Waals surface area contributed by atoms with E-state index in [9.17, 15) is 9.59 Å². The van der Waals surface area contributed by atoms with Crippen molar-refractivity contribution in [2.24, 2.45) is 0 Å². The number of nitrogens with one attached hydrogen (secondary N) is 2. The minimum absolute atomic E-state index is 0.0671. The van der Waals surface area contributed by atoms with Crippen LogP contribution in [-0.4, -0.2) is 23.3 Å². The molecule has 2 aromatic carbocycles. The number of benzene rings is 2. The van der Waals surface area contributed by atoms with Crippen molar-refractivity contribution in [1.29, 1.82) is 0 Å². The molecule has 7 heteroatoms. The van der Waals surface area contributed by atoms with E-state index in [-0.39, 0.29) is 11.8 Å². The minimum atomic E-state index is -0.0999. The Labute approximate surface area is 176 Å². The number of para-hydroxylation sites is 1. The quantitative estimate of drug-likeness (QED) is 0.404. The number of anilines is 1. The van der Waals surface area contributed by atoms with Crippen molar-refractivity contribution in [3.63, 3.8) is 0 Å². The SMILES string of the molecule is O=C(CCCNC(=O)c1ccsc1)Nc1ccc(-c2nc3ccccc3s2)cc1. The molecule has 29 heavy (non-hydrogen) atoms. The van der Waals surface area contributed by atoms with Gasteiger partial charge in [0.05, 0.1) is 10.2 Å². The van der Waals surface area contributed by atoms with Crippen molar-refractivity contribution >= 4 is 50.4 Å². The standard InChI is InChI=1S/C22H19N3O2S2/c26-20(6-3-12-23-21(27)16-11-13-28-14-16)24-17-9-7-15(8-10-17)22-25-18-4-1-2-5-19(18)29-22/h1-2,4-5,7-11,13-14H,3,6,12H2,(H,23,27)(H,24,26). The predicted molar refractivity (Wildman–Crippen MR) is 120 cm³/mol. The molecule has 0 saturated heterocycles. The van der Waals surface area contributed by atoms with Crippen molar-refractivity contribution in [1.82, 2.24) is 10.3 Å². The van der Waals surface area contributed by atoms with Gasteiger partial charge in [0.15, 0.2) is 0 Å². The van der Waals surface area contributed by atoms with Gasteiger partial charge in [-0.05, 0) is 54.3 Å². The molecule has 146 valence electrons. The molecular formula is C22H19N3O2S2. The molecule has 0 aliphatic rings. The van der Waals surface area contributed by atoms with Gasteiger partial charge in [0.1, 0.15) is 5.01 Å². The molecule has 5 nitrogen and oxygen atoms in total. The number of carbonyl (C=O) groups is 2. The lowest BCUT2D eigenvalue weighted by atomic mass is 10.2. The molecule has 0 saturated carbocycles. The molecule has 2 N–H and O–H groups in total. The number of fused-ring (bicyclic) bond motifs is 1. The average molecular weight is 422 g/mol. The number of hydrogen-bond acceptors (Lipinski definition) is 5. The van der Waals surface area contributed by atoms with Gasteiger partial charge in [-0.2, -0.15) is 11.3 Å². The zero-order valence-corrected chi connectivity index (χ0v) is 17.2. The van der Waals surface area contributed by atoms with Crippen LogP contribution in [-0.2, 0) is 4.79 Å². The summed E-state index contributed by atoms with van der Waals surface area (Å²) in [6, 6.07) is 17.6. The van der Waals surface area contributed by atoms with Crippen molar-refractivity contribution in [2.75, 3.05) is 11.9 Å². The van der Waals surface area contributed by atoms with E-state index in [1.807, 2.05) is 47.8 Å². The summed E-state index contributed by atoms with van der Waals surface area (Å²) < 4.78 is 1.16. The minimum Gasteiger partial charge on any atom is -0.352 e. The van der Waals surface area contributed by atoms with Gasteiger partial charge in [0.25, 0.3) is 5.91 Å². The Hall–Kier alpha value is -3.03. The second-order valence-electron chi connectivity index (χ2n) is 6.48. The number of aromatic nitrogens is 1. The number of thiophene rings is 1. The highest BCUT2D eigenvalue weighted by Gasteiger charge is 2.08. The highest BCUT2D eigenvalue weighted by atomic mass is 32.1. The van der Waals surface area contributed by atoms with Gasteiger partial charge >= 0.3 is 0 Å². The van der Waals surface area contributed by atoms with E-state index in [4.69, 9.17) is 0 Å². The smallest absolute Gasteiger partial charge is 0.252 e. The highest BCUT2D eigenvalue weighted by Crippen LogP contribution is 2.30. The van der Waals surface area contributed by atoms with Crippen LogP contribution < -0.4 is 10.6 Å². The van der Waals surface area contributed by atoms with Crippen LogP contribution in [0.5, 0.6) is 0 Å². The van der Waals surface area contributed by atoms with Crippen LogP contribution in [0.1, 0.15) is 23.2 Å². The second kappa shape index (κ2) is 8.98. The van der Waals surface area contributed by atoms with Crippen molar-refractivity contribution in [2.45, 2.75) is 12.8 Å². The Balaban J connectivity index is 1.26. The molecule has 2 aromatic heterocycles. The van der Waals surface area contributed by atoms with E-state index in [2.05, 4.69) is 21.7 Å². The maximum Gasteiger partial charge on any atom is 0.252 e. The molecule has 4 aromatic rings. The van der Waals surface area contributed by atoms with E-state index < -0.39 is 0 Å². The molecule has 0 spiro atoms. The molecule has 0 fully saturated rings. The molecule has 0 atom stereocenters. The van der Waals surface area contributed by atoms with Gasteiger partial charge in [0.2, 0.25) is 5.91 Å². The topological polar surface area (TPSA) is 71.1 Å². The summed E-state index contributed by atoms with van der Waals surface area (Å²) in [7, 11) is 0. The maximum atomic E-state index is 12.1. The molecular weight excluding hydrogens is 402 g/mol. The molecule has 2 amide bonds. The summed E-state index contributed by atoms with van der Waals surface area (Å²) >= 11 is 3.14. The fourth-order valence-corrected chi connectivity index (χ4v) is 4.47. The summed E-state index contributed by atoms with van der Waals surface area (Å²) in [5.74, 6) is -0.167. The normalized spacial score (nSPS) is 10.8. The van der Waals surface area contributed by atoms with Crippen LogP contribution >= 0.6 is 22.7 Å². The van der Waals surface area contributed by atoms with Crippen LogP contribution in [0.2, 0.25) is 0 Å². The monoisotopic (exact) mass is 421 g/mol. The summed E-state index contributed by atoms with van der Waals surface area (Å²) in [5, 5.41) is 10.4. The Kier molecular flexibility index (Phi) is 5.97. The maximum absolute atomic E-state index is 12.1. The van der Waals surface area contributed by atoms with E-state index in [1.165, 1.54) is 11.3 Å². The first-order chi connectivity index (χ1) is 14.2. The van der Waals surface area contributed by atoms with Gasteiger partial charge in [-0.3, -0.25) is 9.59 Å². The van der Waals surface area contributed by atoms with E-state index in [0.29, 0.717) is 24.9 Å². The van der Waals surface area contributed by atoms with Crippen molar-refractivity contribution in [3.8, 4) is 10.6 Å². The Morgan fingerprint density at radius 1 is 1.00 bits per heavy atom. The number of thiazole rings is 1. The molecule has 0 radical (unpaired) electrons. The van der Waals surface area contributed by atoms with E-state index in [1.54, 1.807) is 22.8 Å². The Morgan fingerprint density at radius 2 is 1.83 bits per heavy atom. The number of nitrogens with zero attached hydrogens (tertiary/aromatic N) is 1. The van der Waals surface area contributed by atoms with Crippen LogP contribution in [0.4, 0.5) is 5.69 Å². The van der Waals surface area contributed by atoms with Gasteiger partial charge < -0.3 is 10.6 Å². The number of rotatable bonds is 7. The fourth-order valence-electron chi connectivity index (χ4n) is 2.86. The second-order valence-corrected chi connectivity index (χ2v) is 8.29. The van der Waals surface area contributed by atoms with Gasteiger partial charge in [-0.15, -0.1) is 11.3 Å². The Bertz CT molecular complexity index is 1090. The molecule has 0 aliphatic heterocycles. The largest absolute Gasteiger partial charge is 0.352 e. The zero-order valence-electron chi connectivity index (χ0n) is 15.6. The fraction of sp³-hybridized carbons (Fsp3) is 0.136. The van der Waals surface area contributed by atoms with Crippen molar-refractivity contribution in [3.05, 3.63) is 70.9 Å². The predicted octanol–water partition coefficient (Wildman–Crippen LogP) is 5.17. The lowest BCUT2D eigenvalue weighted by Gasteiger charge is -2.07. The van der Waals surface area contributed by atoms with Crippen molar-refractivity contribution < 1.29 is 9.59 Å². The number of amides is 2. The molecule has 2 heterocycles. The van der Waals surface area contributed by atoms with Gasteiger partial charge in [-0.25, -0.2) is 4.98 Å². The van der Waals surface area contributed by atoms with Crippen LogP contribution in [0.25, 0.3) is 20.8 Å². The average Bonchev–Trinajstić information content (AvgIpc) is 3.41. The van der Waals surface area contributed by atoms with Crippen LogP contribution in [0, 0.1) is 0 Å². The summed E-state index contributed by atoms with van der Waals surface area (Å²) in [5.41, 5.74) is 3.44. The first-order valence-corrected chi connectivity index (χ1v) is 11.0. The summed E-state index contributed by atoms with van der Waals surface area (Å²) in [6.07, 6.45) is 0.940. The Morgan fingerprint density at radius 3 is 2.59 bits per heavy atom. The third-order valence-electron chi connectivity index (χ3n) is 4.36. The molecule has 0 unspecified atom stereocenters. The highest BCUT2D eigenvalue weighted by molar-refractivity contribution is 7.21. The van der Waals surface area contributed by atoms with E-state index in [0.717, 1.165) is 26.5 Å². The first kappa shape index (κ1) is 19.3. The number of hydrogen-bond donors (Lipinski definition) is 2. The molecule has 4 rings (SSSR count). The first-order valence-electron chi connectivity index (χ1n) is 9.25. The van der Waals surface area contributed by atoms with E-state index >= 15 is 0 Å². The third-order valence-corrected chi connectivity index (χ3v) is 6.13. The van der Waals surface area contributed by atoms with Crippen LogP contribution in [0.3, 0.4) is 0 Å². The van der Waals surface area contributed by atoms with Gasteiger partial charge in [0, 0.05) is 35.2 Å².